The van der Waals surface area contributed by atoms with Gasteiger partial charge in [0, 0.05) is 18.2 Å². The van der Waals surface area contributed by atoms with Crippen molar-refractivity contribution in [3.63, 3.8) is 0 Å². The largest absolute Gasteiger partial charge is 0.478 e. The van der Waals surface area contributed by atoms with Gasteiger partial charge in [-0.15, -0.1) is 0 Å². The molecule has 5 rings (SSSR count). The minimum atomic E-state index is -1.10. The summed E-state index contributed by atoms with van der Waals surface area (Å²) in [5.74, 6) is -0.365. The molecule has 0 aromatic heterocycles. The minimum Gasteiger partial charge on any atom is -0.478 e. The SMILES string of the molecule is NC1CCC2C(=O)C(C(=O)O)=CN3C4C(CCC5CCCCC54)OC1C23. The Bertz CT molecular complexity index is 662. The molecule has 5 aliphatic rings. The number of morpholine rings is 1. The average molecular weight is 360 g/mol. The van der Waals surface area contributed by atoms with Crippen LogP contribution in [0.2, 0.25) is 0 Å². The minimum absolute atomic E-state index is 0.0425. The summed E-state index contributed by atoms with van der Waals surface area (Å²) in [7, 11) is 0. The van der Waals surface area contributed by atoms with Gasteiger partial charge in [0.05, 0.1) is 24.3 Å². The van der Waals surface area contributed by atoms with Crippen molar-refractivity contribution in [2.75, 3.05) is 0 Å². The second-order valence-electron chi connectivity index (χ2n) is 8.91. The lowest BCUT2D eigenvalue weighted by molar-refractivity contribution is -0.204. The Morgan fingerprint density at radius 3 is 2.73 bits per heavy atom. The highest BCUT2D eigenvalue weighted by Gasteiger charge is 2.57. The number of Topliss-reactive ketones (excluding diaryl/α,β-unsaturated/α-hetero) is 1. The topological polar surface area (TPSA) is 92.9 Å². The normalized spacial score (nSPS) is 47.3. The van der Waals surface area contributed by atoms with Gasteiger partial charge in [-0.3, -0.25) is 4.79 Å². The van der Waals surface area contributed by atoms with Crippen LogP contribution < -0.4 is 5.73 Å². The molecule has 6 heteroatoms. The van der Waals surface area contributed by atoms with Crippen LogP contribution in [-0.4, -0.2) is 52.1 Å². The zero-order valence-corrected chi connectivity index (χ0v) is 15.0. The highest BCUT2D eigenvalue weighted by atomic mass is 16.5. The van der Waals surface area contributed by atoms with Crippen molar-refractivity contribution >= 4 is 11.8 Å². The van der Waals surface area contributed by atoms with Crippen LogP contribution in [0.3, 0.4) is 0 Å². The Hall–Kier alpha value is -1.40. The van der Waals surface area contributed by atoms with Gasteiger partial charge < -0.3 is 20.5 Å². The third-order valence-electron chi connectivity index (χ3n) is 7.72. The van der Waals surface area contributed by atoms with E-state index in [2.05, 4.69) is 4.90 Å². The number of carbonyl (C=O) groups is 2. The number of hydrogen-bond acceptors (Lipinski definition) is 5. The molecule has 2 aliphatic heterocycles. The molecule has 2 heterocycles. The van der Waals surface area contributed by atoms with Crippen LogP contribution in [0.25, 0.3) is 0 Å². The fraction of sp³-hybridized carbons (Fsp3) is 0.800. The number of nitrogens with zero attached hydrogens (tertiary/aromatic N) is 1. The van der Waals surface area contributed by atoms with Crippen LogP contribution in [0.4, 0.5) is 0 Å². The van der Waals surface area contributed by atoms with Gasteiger partial charge in [-0.25, -0.2) is 4.79 Å². The number of ether oxygens (including phenoxy) is 1. The van der Waals surface area contributed by atoms with Crippen molar-refractivity contribution in [1.82, 2.24) is 4.90 Å². The first-order chi connectivity index (χ1) is 12.6. The van der Waals surface area contributed by atoms with E-state index in [1.54, 1.807) is 6.20 Å². The lowest BCUT2D eigenvalue weighted by atomic mass is 9.63. The average Bonchev–Trinajstić information content (AvgIpc) is 2.65. The summed E-state index contributed by atoms with van der Waals surface area (Å²) in [6.45, 7) is 0. The van der Waals surface area contributed by atoms with E-state index in [0.29, 0.717) is 18.3 Å². The van der Waals surface area contributed by atoms with Gasteiger partial charge in [0.25, 0.3) is 0 Å². The molecule has 0 amide bonds. The van der Waals surface area contributed by atoms with Crippen molar-refractivity contribution in [2.45, 2.75) is 81.7 Å². The quantitative estimate of drug-likeness (QED) is 0.691. The highest BCUT2D eigenvalue weighted by molar-refractivity contribution is 6.18. The van der Waals surface area contributed by atoms with E-state index >= 15 is 0 Å². The number of aliphatic carboxylic acids is 1. The first-order valence-corrected chi connectivity index (χ1v) is 10.2. The Balaban J connectivity index is 1.59. The summed E-state index contributed by atoms with van der Waals surface area (Å²) in [6, 6.07) is 0.0400. The van der Waals surface area contributed by atoms with Crippen LogP contribution in [0.1, 0.15) is 51.4 Å². The summed E-state index contributed by atoms with van der Waals surface area (Å²) >= 11 is 0. The summed E-state index contributed by atoms with van der Waals surface area (Å²) in [6.07, 6.45) is 10.2. The second-order valence-corrected chi connectivity index (χ2v) is 8.91. The molecular weight excluding hydrogens is 332 g/mol. The zero-order valence-electron chi connectivity index (χ0n) is 15.0. The zero-order chi connectivity index (χ0) is 18.0. The Morgan fingerprint density at radius 2 is 1.92 bits per heavy atom. The first kappa shape index (κ1) is 16.8. The molecule has 0 bridgehead atoms. The molecule has 8 unspecified atom stereocenters. The Labute approximate surface area is 153 Å². The van der Waals surface area contributed by atoms with Crippen molar-refractivity contribution in [3.05, 3.63) is 11.8 Å². The number of carboxylic acid groups (broad SMARTS) is 1. The van der Waals surface area contributed by atoms with Crippen molar-refractivity contribution in [1.29, 1.82) is 0 Å². The van der Waals surface area contributed by atoms with Crippen LogP contribution in [-0.2, 0) is 14.3 Å². The van der Waals surface area contributed by atoms with Crippen LogP contribution >= 0.6 is 0 Å². The molecule has 3 N–H and O–H groups in total. The number of hydrogen-bond donors (Lipinski definition) is 2. The lowest BCUT2D eigenvalue weighted by Gasteiger charge is -2.61. The number of rotatable bonds is 1. The van der Waals surface area contributed by atoms with Gasteiger partial charge in [-0.05, 0) is 43.9 Å². The van der Waals surface area contributed by atoms with Gasteiger partial charge >= 0.3 is 5.97 Å². The highest BCUT2D eigenvalue weighted by Crippen LogP contribution is 2.50. The molecule has 0 spiro atoms. The molecule has 0 aromatic rings. The molecule has 6 nitrogen and oxygen atoms in total. The first-order valence-electron chi connectivity index (χ1n) is 10.2. The van der Waals surface area contributed by atoms with Crippen LogP contribution in [0.5, 0.6) is 0 Å². The van der Waals surface area contributed by atoms with E-state index in [0.717, 1.165) is 12.8 Å². The summed E-state index contributed by atoms with van der Waals surface area (Å²) in [5, 5.41) is 9.60. The van der Waals surface area contributed by atoms with Gasteiger partial charge in [-0.2, -0.15) is 0 Å². The standard InChI is InChI=1S/C20H28N2O4/c21-14-7-6-12-17-19(14)26-15-8-5-10-3-1-2-4-11(10)16(15)22(17)9-13(18(12)23)20(24)25/h9-12,14-17,19H,1-8,21H2,(H,24,25). The van der Waals surface area contributed by atoms with E-state index in [9.17, 15) is 14.7 Å². The maximum atomic E-state index is 12.8. The maximum Gasteiger partial charge on any atom is 0.340 e. The van der Waals surface area contributed by atoms with E-state index in [1.165, 1.54) is 32.1 Å². The molecule has 0 radical (unpaired) electrons. The van der Waals surface area contributed by atoms with Crippen molar-refractivity contribution < 1.29 is 19.4 Å². The van der Waals surface area contributed by atoms with Crippen molar-refractivity contribution in [2.24, 2.45) is 23.5 Å². The van der Waals surface area contributed by atoms with Crippen molar-refractivity contribution in [3.8, 4) is 0 Å². The number of nitrogens with two attached hydrogens (primary N) is 1. The fourth-order valence-corrected chi connectivity index (χ4v) is 6.61. The van der Waals surface area contributed by atoms with E-state index < -0.39 is 5.97 Å². The number of carboxylic acids is 1. The van der Waals surface area contributed by atoms with E-state index in [4.69, 9.17) is 10.5 Å². The number of carbonyl (C=O) groups excluding carboxylic acids is 1. The fourth-order valence-electron chi connectivity index (χ4n) is 6.61. The van der Waals surface area contributed by atoms with Gasteiger partial charge in [0.2, 0.25) is 0 Å². The summed E-state index contributed by atoms with van der Waals surface area (Å²) in [4.78, 5) is 26.8. The van der Waals surface area contributed by atoms with Gasteiger partial charge in [-0.1, -0.05) is 19.3 Å². The molecule has 1 saturated heterocycles. The molecular formula is C20H28N2O4. The lowest BCUT2D eigenvalue weighted by Crippen LogP contribution is -2.72. The van der Waals surface area contributed by atoms with Gasteiger partial charge in [0.1, 0.15) is 5.57 Å². The van der Waals surface area contributed by atoms with Crippen LogP contribution in [0, 0.1) is 17.8 Å². The molecule has 142 valence electrons. The Morgan fingerprint density at radius 1 is 1.12 bits per heavy atom. The molecule has 3 aliphatic carbocycles. The molecule has 0 aromatic carbocycles. The number of fused-ring (bicyclic) bond motifs is 4. The van der Waals surface area contributed by atoms with Gasteiger partial charge in [0.15, 0.2) is 5.78 Å². The molecule has 4 fully saturated rings. The smallest absolute Gasteiger partial charge is 0.340 e. The second kappa shape index (κ2) is 6.06. The Kier molecular flexibility index (Phi) is 3.90. The monoisotopic (exact) mass is 360 g/mol. The summed E-state index contributed by atoms with van der Waals surface area (Å²) in [5.41, 5.74) is 6.34. The third-order valence-corrected chi connectivity index (χ3v) is 7.72. The molecule has 3 saturated carbocycles. The third kappa shape index (κ3) is 2.31. The molecule has 8 atom stereocenters. The van der Waals surface area contributed by atoms with E-state index in [-0.39, 0.29) is 47.6 Å². The predicted octanol–water partition coefficient (Wildman–Crippen LogP) is 1.68. The van der Waals surface area contributed by atoms with Crippen LogP contribution in [0.15, 0.2) is 11.8 Å². The summed E-state index contributed by atoms with van der Waals surface area (Å²) < 4.78 is 6.54. The predicted molar refractivity (Wildman–Crippen MR) is 94.2 cm³/mol. The maximum absolute atomic E-state index is 12.8. The van der Waals surface area contributed by atoms with E-state index in [1.807, 2.05) is 0 Å². The number of ketones is 1. The molecule has 26 heavy (non-hydrogen) atoms.